The van der Waals surface area contributed by atoms with Crippen LogP contribution >= 0.6 is 11.6 Å². The van der Waals surface area contributed by atoms with Gasteiger partial charge in [0.05, 0.1) is 30.5 Å². The van der Waals surface area contributed by atoms with Gasteiger partial charge in [0.15, 0.2) is 0 Å². The lowest BCUT2D eigenvalue weighted by Crippen LogP contribution is -2.41. The highest BCUT2D eigenvalue weighted by molar-refractivity contribution is 6.31. The Balaban J connectivity index is 1.24. The van der Waals surface area contributed by atoms with E-state index in [1.807, 2.05) is 30.3 Å². The monoisotopic (exact) mass is 668 g/mol. The molecule has 2 heterocycles. The van der Waals surface area contributed by atoms with E-state index in [2.05, 4.69) is 16.7 Å². The zero-order valence-electron chi connectivity index (χ0n) is 26.3. The van der Waals surface area contributed by atoms with E-state index in [0.29, 0.717) is 40.4 Å². The molecule has 3 aromatic carbocycles. The summed E-state index contributed by atoms with van der Waals surface area (Å²) in [6.07, 6.45) is 1.48. The number of nitriles is 1. The van der Waals surface area contributed by atoms with Crippen LogP contribution < -0.4 is 20.9 Å². The van der Waals surface area contributed by atoms with Crippen LogP contribution in [-0.2, 0) is 25.7 Å². The van der Waals surface area contributed by atoms with Crippen molar-refractivity contribution >= 4 is 35.1 Å². The molecular formula is C36H33ClN4O7. The molecule has 0 saturated carbocycles. The molecule has 1 amide bonds. The van der Waals surface area contributed by atoms with Crippen molar-refractivity contribution in [3.63, 3.8) is 0 Å². The number of pyridine rings is 1. The zero-order valence-corrected chi connectivity index (χ0v) is 27.0. The molecule has 1 fully saturated rings. The maximum atomic E-state index is 13.4. The number of amides is 1. The number of aromatic nitrogens is 1. The van der Waals surface area contributed by atoms with Gasteiger partial charge in [-0.3, -0.25) is 19.0 Å². The van der Waals surface area contributed by atoms with Gasteiger partial charge in [-0.1, -0.05) is 48.9 Å². The van der Waals surface area contributed by atoms with Crippen LogP contribution in [0.3, 0.4) is 0 Å². The Kier molecular flexibility index (Phi) is 10.9. The third kappa shape index (κ3) is 7.74. The molecule has 11 nitrogen and oxygen atoms in total. The second kappa shape index (κ2) is 15.4. The van der Waals surface area contributed by atoms with Crippen molar-refractivity contribution in [1.82, 2.24) is 9.88 Å². The van der Waals surface area contributed by atoms with Crippen molar-refractivity contribution in [2.45, 2.75) is 44.6 Å². The molecule has 0 radical (unpaired) electrons. The first-order valence-corrected chi connectivity index (χ1v) is 15.7. The van der Waals surface area contributed by atoms with Crippen LogP contribution in [0.2, 0.25) is 5.02 Å². The minimum Gasteiger partial charge on any atom is -0.495 e. The number of nitrogens with one attached hydrogen (secondary N) is 2. The minimum absolute atomic E-state index is 0.115. The van der Waals surface area contributed by atoms with Gasteiger partial charge in [-0.15, -0.1) is 0 Å². The van der Waals surface area contributed by atoms with E-state index in [9.17, 15) is 24.4 Å². The Hall–Kier alpha value is -5.44. The highest BCUT2D eigenvalue weighted by Gasteiger charge is 2.37. The van der Waals surface area contributed by atoms with Crippen LogP contribution in [0.25, 0.3) is 11.1 Å². The second-order valence-corrected chi connectivity index (χ2v) is 11.5. The predicted molar refractivity (Wildman–Crippen MR) is 179 cm³/mol. The maximum absolute atomic E-state index is 13.4. The fourth-order valence-electron chi connectivity index (χ4n) is 5.47. The van der Waals surface area contributed by atoms with E-state index in [-0.39, 0.29) is 24.3 Å². The number of rotatable bonds is 11. The van der Waals surface area contributed by atoms with Gasteiger partial charge in [-0.2, -0.15) is 5.26 Å². The number of anilines is 1. The van der Waals surface area contributed by atoms with Crippen molar-refractivity contribution in [1.29, 1.82) is 5.26 Å². The van der Waals surface area contributed by atoms with Crippen LogP contribution in [-0.4, -0.2) is 48.2 Å². The fourth-order valence-corrected chi connectivity index (χ4v) is 5.64. The quantitative estimate of drug-likeness (QED) is 0.204. The van der Waals surface area contributed by atoms with E-state index >= 15 is 0 Å². The number of ether oxygens (including phenoxy) is 3. The molecule has 4 aromatic rings. The summed E-state index contributed by atoms with van der Waals surface area (Å²) in [5, 5.41) is 15.8. The van der Waals surface area contributed by atoms with E-state index < -0.39 is 41.6 Å². The van der Waals surface area contributed by atoms with Crippen LogP contribution in [0.4, 0.5) is 5.69 Å². The van der Waals surface area contributed by atoms with Crippen molar-refractivity contribution < 1.29 is 28.6 Å². The Morgan fingerprint density at radius 2 is 1.81 bits per heavy atom. The fraction of sp³-hybridized carbons (Fsp3) is 0.250. The predicted octanol–water partition coefficient (Wildman–Crippen LogP) is 5.27. The lowest BCUT2D eigenvalue weighted by Gasteiger charge is -2.20. The molecule has 48 heavy (non-hydrogen) atoms. The summed E-state index contributed by atoms with van der Waals surface area (Å²) in [6, 6.07) is 21.9. The van der Waals surface area contributed by atoms with Gasteiger partial charge in [-0.25, -0.2) is 4.79 Å². The molecule has 0 aliphatic carbocycles. The number of esters is 2. The number of benzene rings is 3. The lowest BCUT2D eigenvalue weighted by molar-refractivity contribution is -0.149. The van der Waals surface area contributed by atoms with Gasteiger partial charge < -0.3 is 24.8 Å². The molecule has 3 atom stereocenters. The normalized spacial score (nSPS) is 16.0. The number of hydrogen-bond donors (Lipinski definition) is 2. The topological polar surface area (TPSA) is 149 Å². The van der Waals surface area contributed by atoms with Crippen molar-refractivity contribution in [3.05, 3.63) is 117 Å². The summed E-state index contributed by atoms with van der Waals surface area (Å²) in [4.78, 5) is 52.3. The Morgan fingerprint density at radius 1 is 1.06 bits per heavy atom. The first-order valence-electron chi connectivity index (χ1n) is 15.3. The summed E-state index contributed by atoms with van der Waals surface area (Å²) in [5.74, 6) is -1.29. The average molecular weight is 669 g/mol. The molecule has 1 aliphatic heterocycles. The van der Waals surface area contributed by atoms with Crippen LogP contribution in [0.5, 0.6) is 5.75 Å². The number of carbonyl (C=O) groups excluding carboxylic acids is 3. The van der Waals surface area contributed by atoms with Gasteiger partial charge in [0.2, 0.25) is 5.91 Å². The van der Waals surface area contributed by atoms with E-state index in [0.717, 1.165) is 5.56 Å². The molecule has 246 valence electrons. The molecule has 0 bridgehead atoms. The second-order valence-electron chi connectivity index (χ2n) is 11.1. The maximum Gasteiger partial charge on any atom is 0.338 e. The summed E-state index contributed by atoms with van der Waals surface area (Å²) in [6.45, 7) is 2.37. The largest absolute Gasteiger partial charge is 0.495 e. The van der Waals surface area contributed by atoms with Crippen molar-refractivity contribution in [2.75, 3.05) is 19.0 Å². The van der Waals surface area contributed by atoms with Gasteiger partial charge in [-0.05, 0) is 67.4 Å². The molecule has 12 heteroatoms. The lowest BCUT2D eigenvalue weighted by atomic mass is 10.00. The SMILES string of the molecule is CCC(C(=O)Nc1ccc(C(=O)O[C@H]2CCN[C@@H]2C(=O)OCc2ccccc2)cc1)n1cc(OC)c(-c2cc(Cl)ccc2C#N)cc1=O. The highest BCUT2D eigenvalue weighted by Crippen LogP contribution is 2.33. The molecule has 5 rings (SSSR count). The summed E-state index contributed by atoms with van der Waals surface area (Å²) in [5.41, 5.74) is 2.13. The molecule has 0 spiro atoms. The number of halogens is 1. The van der Waals surface area contributed by atoms with Crippen molar-refractivity contribution in [3.8, 4) is 22.9 Å². The van der Waals surface area contributed by atoms with E-state index in [4.69, 9.17) is 25.8 Å². The molecule has 1 aromatic heterocycles. The van der Waals surface area contributed by atoms with Gasteiger partial charge in [0.1, 0.15) is 30.5 Å². The molecule has 1 unspecified atom stereocenters. The number of methoxy groups -OCH3 is 1. The molecule has 1 saturated heterocycles. The van der Waals surface area contributed by atoms with E-state index in [1.165, 1.54) is 36.1 Å². The molecule has 2 N–H and O–H groups in total. The summed E-state index contributed by atoms with van der Waals surface area (Å²) < 4.78 is 17.9. The third-order valence-corrected chi connectivity index (χ3v) is 8.21. The molecular weight excluding hydrogens is 636 g/mol. The number of carbonyl (C=O) groups is 3. The minimum atomic E-state index is -0.895. The van der Waals surface area contributed by atoms with Gasteiger partial charge >= 0.3 is 11.9 Å². The van der Waals surface area contributed by atoms with Gasteiger partial charge in [0, 0.05) is 27.9 Å². The summed E-state index contributed by atoms with van der Waals surface area (Å²) >= 11 is 6.16. The Labute approximate surface area is 282 Å². The first-order chi connectivity index (χ1) is 23.2. The standard InChI is InChI=1S/C36H33ClN4O7/c1-3-29(41-20-31(46-2)28(18-32(41)42)27-17-25(37)12-9-24(27)19-38)34(43)40-26-13-10-23(11-14-26)35(44)48-30-15-16-39-33(30)36(45)47-21-22-7-5-4-6-8-22/h4-14,17-18,20,29-30,33,39H,3,15-16,21H2,1-2H3,(H,40,43)/t29?,30-,33-/m0/s1. The highest BCUT2D eigenvalue weighted by atomic mass is 35.5. The number of nitrogens with zero attached hydrogens (tertiary/aromatic N) is 2. The average Bonchev–Trinajstić information content (AvgIpc) is 3.57. The Bertz CT molecular complexity index is 1900. The van der Waals surface area contributed by atoms with Crippen molar-refractivity contribution in [2.24, 2.45) is 0 Å². The van der Waals surface area contributed by atoms with Gasteiger partial charge in [0.25, 0.3) is 5.56 Å². The van der Waals surface area contributed by atoms with E-state index in [1.54, 1.807) is 37.3 Å². The number of hydrogen-bond acceptors (Lipinski definition) is 9. The third-order valence-electron chi connectivity index (χ3n) is 7.97. The Morgan fingerprint density at radius 3 is 2.50 bits per heavy atom. The van der Waals surface area contributed by atoms with Crippen LogP contribution in [0.1, 0.15) is 47.3 Å². The zero-order chi connectivity index (χ0) is 34.2. The smallest absolute Gasteiger partial charge is 0.338 e. The van der Waals surface area contributed by atoms with Crippen LogP contribution in [0.15, 0.2) is 89.9 Å². The molecule has 1 aliphatic rings. The first kappa shape index (κ1) is 33.9. The summed E-state index contributed by atoms with van der Waals surface area (Å²) in [7, 11) is 1.43. The van der Waals surface area contributed by atoms with Crippen LogP contribution in [0, 0.1) is 11.3 Å².